The van der Waals surface area contributed by atoms with Gasteiger partial charge in [-0.15, -0.1) is 0 Å². The van der Waals surface area contributed by atoms with E-state index in [4.69, 9.17) is 0 Å². The Morgan fingerprint density at radius 2 is 1.14 bits per heavy atom. The maximum Gasteiger partial charge on any atom is 0.00925 e. The van der Waals surface area contributed by atoms with Gasteiger partial charge in [0, 0.05) is 5.92 Å². The molecule has 0 amide bonds. The first kappa shape index (κ1) is 14.6. The second-order valence-electron chi connectivity index (χ2n) is 5.90. The molecular weight excluding hydrogens is 264 g/mol. The topological polar surface area (TPSA) is 0 Å². The van der Waals surface area contributed by atoms with E-state index in [1.807, 2.05) is 0 Å². The Morgan fingerprint density at radius 3 is 1.64 bits per heavy atom. The van der Waals surface area contributed by atoms with E-state index in [1.54, 1.807) is 0 Å². The number of hydrogen-bond donors (Lipinski definition) is 0. The standard InChI is InChI=1S/C22H22/c1-18-12-14-19(15-13-18)16-17-22(20-8-4-2-5-9-20)21-10-6-3-7-11-21/h2-15,22H,16-17H2,1H3. The van der Waals surface area contributed by atoms with Crippen molar-refractivity contribution < 1.29 is 0 Å². The van der Waals surface area contributed by atoms with Crippen LogP contribution in [-0.4, -0.2) is 0 Å². The fraction of sp³-hybridized carbons (Fsp3) is 0.182. The fourth-order valence-corrected chi connectivity index (χ4v) is 2.96. The highest BCUT2D eigenvalue weighted by Gasteiger charge is 2.13. The number of benzene rings is 3. The molecule has 0 heterocycles. The summed E-state index contributed by atoms with van der Waals surface area (Å²) in [5, 5.41) is 0. The van der Waals surface area contributed by atoms with Gasteiger partial charge in [-0.1, -0.05) is 90.5 Å². The molecular formula is C22H22. The van der Waals surface area contributed by atoms with Gasteiger partial charge < -0.3 is 0 Å². The molecule has 3 aromatic rings. The van der Waals surface area contributed by atoms with Gasteiger partial charge in [0.05, 0.1) is 0 Å². The second kappa shape index (κ2) is 7.09. The fourth-order valence-electron chi connectivity index (χ4n) is 2.96. The van der Waals surface area contributed by atoms with Gasteiger partial charge in [0.1, 0.15) is 0 Å². The maximum absolute atomic E-state index is 2.25. The molecule has 0 aliphatic heterocycles. The van der Waals surface area contributed by atoms with Crippen molar-refractivity contribution in [2.45, 2.75) is 25.7 Å². The van der Waals surface area contributed by atoms with Gasteiger partial charge in [0.25, 0.3) is 0 Å². The Morgan fingerprint density at radius 1 is 0.636 bits per heavy atom. The van der Waals surface area contributed by atoms with Gasteiger partial charge >= 0.3 is 0 Å². The molecule has 0 saturated carbocycles. The van der Waals surface area contributed by atoms with Gasteiger partial charge in [-0.3, -0.25) is 0 Å². The van der Waals surface area contributed by atoms with Crippen molar-refractivity contribution in [3.63, 3.8) is 0 Å². The van der Waals surface area contributed by atoms with Gasteiger partial charge in [0.2, 0.25) is 0 Å². The summed E-state index contributed by atoms with van der Waals surface area (Å²) in [7, 11) is 0. The summed E-state index contributed by atoms with van der Waals surface area (Å²) in [5.74, 6) is 0.462. The Kier molecular flexibility index (Phi) is 4.70. The molecule has 0 N–H and O–H groups in total. The Labute approximate surface area is 133 Å². The normalized spacial score (nSPS) is 10.8. The van der Waals surface area contributed by atoms with Crippen LogP contribution in [0.4, 0.5) is 0 Å². The van der Waals surface area contributed by atoms with E-state index in [1.165, 1.54) is 22.3 Å². The van der Waals surface area contributed by atoms with Crippen LogP contribution in [0.5, 0.6) is 0 Å². The van der Waals surface area contributed by atoms with E-state index < -0.39 is 0 Å². The lowest BCUT2D eigenvalue weighted by Gasteiger charge is -2.18. The predicted octanol–water partition coefficient (Wildman–Crippen LogP) is 5.76. The highest BCUT2D eigenvalue weighted by atomic mass is 14.2. The first-order valence-electron chi connectivity index (χ1n) is 7.98. The molecule has 0 aromatic heterocycles. The summed E-state index contributed by atoms with van der Waals surface area (Å²) >= 11 is 0. The van der Waals surface area contributed by atoms with E-state index in [9.17, 15) is 0 Å². The molecule has 0 heteroatoms. The predicted molar refractivity (Wildman–Crippen MR) is 94.2 cm³/mol. The molecule has 0 saturated heterocycles. The van der Waals surface area contributed by atoms with Gasteiger partial charge in [0.15, 0.2) is 0 Å². The van der Waals surface area contributed by atoms with E-state index >= 15 is 0 Å². The Bertz CT molecular complexity index is 642. The molecule has 0 nitrogen and oxygen atoms in total. The van der Waals surface area contributed by atoms with Gasteiger partial charge in [-0.2, -0.15) is 0 Å². The first-order chi connectivity index (χ1) is 10.8. The molecule has 0 bridgehead atoms. The average Bonchev–Trinajstić information content (AvgIpc) is 2.59. The summed E-state index contributed by atoms with van der Waals surface area (Å²) in [4.78, 5) is 0. The monoisotopic (exact) mass is 286 g/mol. The van der Waals surface area contributed by atoms with Crippen LogP contribution in [-0.2, 0) is 6.42 Å². The van der Waals surface area contributed by atoms with Crippen molar-refractivity contribution in [2.75, 3.05) is 0 Å². The van der Waals surface area contributed by atoms with E-state index in [2.05, 4.69) is 91.9 Å². The van der Waals surface area contributed by atoms with Crippen molar-refractivity contribution in [3.05, 3.63) is 107 Å². The van der Waals surface area contributed by atoms with Crippen LogP contribution in [0.25, 0.3) is 0 Å². The highest BCUT2D eigenvalue weighted by molar-refractivity contribution is 5.33. The number of hydrogen-bond acceptors (Lipinski definition) is 0. The van der Waals surface area contributed by atoms with Gasteiger partial charge in [-0.05, 0) is 36.5 Å². The molecule has 110 valence electrons. The van der Waals surface area contributed by atoms with Gasteiger partial charge in [-0.25, -0.2) is 0 Å². The molecule has 0 aliphatic carbocycles. The zero-order valence-electron chi connectivity index (χ0n) is 13.1. The van der Waals surface area contributed by atoms with Crippen LogP contribution < -0.4 is 0 Å². The molecule has 3 aromatic carbocycles. The minimum absolute atomic E-state index is 0.462. The quantitative estimate of drug-likeness (QED) is 0.559. The zero-order valence-corrected chi connectivity index (χ0v) is 13.1. The van der Waals surface area contributed by atoms with Crippen molar-refractivity contribution in [1.29, 1.82) is 0 Å². The lowest BCUT2D eigenvalue weighted by Crippen LogP contribution is -2.03. The van der Waals surface area contributed by atoms with Crippen LogP contribution >= 0.6 is 0 Å². The molecule has 0 spiro atoms. The molecule has 0 aliphatic rings. The van der Waals surface area contributed by atoms with Crippen LogP contribution in [0.15, 0.2) is 84.9 Å². The Hall–Kier alpha value is -2.34. The zero-order chi connectivity index (χ0) is 15.2. The maximum atomic E-state index is 2.25. The van der Waals surface area contributed by atoms with Crippen molar-refractivity contribution in [2.24, 2.45) is 0 Å². The highest BCUT2D eigenvalue weighted by Crippen LogP contribution is 2.29. The summed E-state index contributed by atoms with van der Waals surface area (Å²) in [6.45, 7) is 2.14. The lowest BCUT2D eigenvalue weighted by atomic mass is 9.86. The smallest absolute Gasteiger partial charge is 0.00925 e. The SMILES string of the molecule is Cc1ccc(CCC(c2ccccc2)c2ccccc2)cc1. The minimum Gasteiger partial charge on any atom is -0.0622 e. The van der Waals surface area contributed by atoms with Crippen LogP contribution in [0.2, 0.25) is 0 Å². The second-order valence-corrected chi connectivity index (χ2v) is 5.90. The number of rotatable bonds is 5. The molecule has 0 fully saturated rings. The van der Waals surface area contributed by atoms with Crippen LogP contribution in [0, 0.1) is 6.92 Å². The van der Waals surface area contributed by atoms with Crippen molar-refractivity contribution in [3.8, 4) is 0 Å². The molecule has 0 radical (unpaired) electrons. The Balaban J connectivity index is 1.81. The van der Waals surface area contributed by atoms with Crippen molar-refractivity contribution >= 4 is 0 Å². The third-order valence-corrected chi connectivity index (χ3v) is 4.25. The van der Waals surface area contributed by atoms with E-state index in [0.717, 1.165) is 12.8 Å². The summed E-state index contributed by atoms with van der Waals surface area (Å²) < 4.78 is 0. The summed E-state index contributed by atoms with van der Waals surface area (Å²) in [6.07, 6.45) is 2.24. The van der Waals surface area contributed by atoms with Crippen LogP contribution in [0.1, 0.15) is 34.6 Å². The van der Waals surface area contributed by atoms with Crippen LogP contribution in [0.3, 0.4) is 0 Å². The summed E-state index contributed by atoms with van der Waals surface area (Å²) in [6, 6.07) is 30.6. The molecule has 0 unspecified atom stereocenters. The lowest BCUT2D eigenvalue weighted by molar-refractivity contribution is 0.715. The minimum atomic E-state index is 0.462. The first-order valence-corrected chi connectivity index (χ1v) is 7.98. The number of aryl methyl sites for hydroxylation is 2. The largest absolute Gasteiger partial charge is 0.0622 e. The molecule has 0 atom stereocenters. The summed E-state index contributed by atoms with van der Waals surface area (Å²) in [5.41, 5.74) is 5.55. The molecule has 3 rings (SSSR count). The third-order valence-electron chi connectivity index (χ3n) is 4.25. The van der Waals surface area contributed by atoms with E-state index in [-0.39, 0.29) is 0 Å². The third kappa shape index (κ3) is 3.65. The molecule has 22 heavy (non-hydrogen) atoms. The average molecular weight is 286 g/mol. The van der Waals surface area contributed by atoms with E-state index in [0.29, 0.717) is 5.92 Å². The van der Waals surface area contributed by atoms with Crippen molar-refractivity contribution in [1.82, 2.24) is 0 Å².